The Bertz CT molecular complexity index is 351. The van der Waals surface area contributed by atoms with Crippen LogP contribution in [-0.2, 0) is 11.3 Å². The zero-order valence-electron chi connectivity index (χ0n) is 9.53. The highest BCUT2D eigenvalue weighted by atomic mass is 16.2. The molecule has 0 fully saturated rings. The SMILES string of the molecule is CC=CC(=O)N(C)Cc1ccc(C)cc1. The molecule has 80 valence electrons. The van der Waals surface area contributed by atoms with Gasteiger partial charge < -0.3 is 4.90 Å². The molecule has 0 heterocycles. The molecule has 0 aliphatic heterocycles. The fraction of sp³-hybridized carbons (Fsp3) is 0.308. The maximum absolute atomic E-state index is 11.5. The lowest BCUT2D eigenvalue weighted by atomic mass is 10.1. The van der Waals surface area contributed by atoms with E-state index in [0.29, 0.717) is 6.54 Å². The van der Waals surface area contributed by atoms with Crippen molar-refractivity contribution in [2.24, 2.45) is 0 Å². The second kappa shape index (κ2) is 5.35. The number of likely N-dealkylation sites (N-methyl/N-ethyl adjacent to an activating group) is 1. The van der Waals surface area contributed by atoms with Gasteiger partial charge in [-0.15, -0.1) is 0 Å². The van der Waals surface area contributed by atoms with Crippen LogP contribution in [0.15, 0.2) is 36.4 Å². The quantitative estimate of drug-likeness (QED) is 0.691. The Morgan fingerprint density at radius 2 is 1.93 bits per heavy atom. The van der Waals surface area contributed by atoms with Crippen LogP contribution in [0.5, 0.6) is 0 Å². The van der Waals surface area contributed by atoms with Crippen LogP contribution in [0.3, 0.4) is 0 Å². The largest absolute Gasteiger partial charge is 0.338 e. The van der Waals surface area contributed by atoms with E-state index in [0.717, 1.165) is 5.56 Å². The van der Waals surface area contributed by atoms with Crippen molar-refractivity contribution < 1.29 is 4.79 Å². The molecule has 0 atom stereocenters. The van der Waals surface area contributed by atoms with E-state index in [2.05, 4.69) is 31.2 Å². The Morgan fingerprint density at radius 1 is 1.33 bits per heavy atom. The monoisotopic (exact) mass is 203 g/mol. The standard InChI is InChI=1S/C13H17NO/c1-4-5-13(15)14(3)10-12-8-6-11(2)7-9-12/h4-9H,10H2,1-3H3. The van der Waals surface area contributed by atoms with Crippen LogP contribution in [0.1, 0.15) is 18.1 Å². The molecule has 1 rings (SSSR count). The molecule has 2 heteroatoms. The fourth-order valence-electron chi connectivity index (χ4n) is 1.32. The summed E-state index contributed by atoms with van der Waals surface area (Å²) in [5.74, 6) is 0.0399. The van der Waals surface area contributed by atoms with E-state index in [1.54, 1.807) is 17.1 Å². The van der Waals surface area contributed by atoms with E-state index in [4.69, 9.17) is 0 Å². The first-order chi connectivity index (χ1) is 7.13. The number of hydrogen-bond donors (Lipinski definition) is 0. The molecule has 0 saturated heterocycles. The maximum atomic E-state index is 11.5. The predicted octanol–water partition coefficient (Wildman–Crippen LogP) is 2.53. The smallest absolute Gasteiger partial charge is 0.246 e. The van der Waals surface area contributed by atoms with Gasteiger partial charge >= 0.3 is 0 Å². The number of allylic oxidation sites excluding steroid dienone is 1. The molecule has 1 amide bonds. The first-order valence-corrected chi connectivity index (χ1v) is 5.07. The van der Waals surface area contributed by atoms with E-state index in [-0.39, 0.29) is 5.91 Å². The first kappa shape index (κ1) is 11.5. The third kappa shape index (κ3) is 3.58. The van der Waals surface area contributed by atoms with Gasteiger partial charge in [-0.25, -0.2) is 0 Å². The Kier molecular flexibility index (Phi) is 4.10. The first-order valence-electron chi connectivity index (χ1n) is 5.07. The van der Waals surface area contributed by atoms with E-state index in [9.17, 15) is 4.79 Å². The average Bonchev–Trinajstić information content (AvgIpc) is 2.22. The lowest BCUT2D eigenvalue weighted by Crippen LogP contribution is -2.24. The van der Waals surface area contributed by atoms with E-state index < -0.39 is 0 Å². The van der Waals surface area contributed by atoms with E-state index in [1.165, 1.54) is 5.56 Å². The number of rotatable bonds is 3. The van der Waals surface area contributed by atoms with Crippen molar-refractivity contribution in [3.8, 4) is 0 Å². The summed E-state index contributed by atoms with van der Waals surface area (Å²) in [4.78, 5) is 13.2. The van der Waals surface area contributed by atoms with Crippen LogP contribution in [0.2, 0.25) is 0 Å². The molecule has 1 aromatic carbocycles. The summed E-state index contributed by atoms with van der Waals surface area (Å²) in [5.41, 5.74) is 2.39. The minimum absolute atomic E-state index is 0.0399. The number of nitrogens with zero attached hydrogens (tertiary/aromatic N) is 1. The topological polar surface area (TPSA) is 20.3 Å². The second-order valence-corrected chi connectivity index (χ2v) is 3.68. The maximum Gasteiger partial charge on any atom is 0.246 e. The number of hydrogen-bond acceptors (Lipinski definition) is 1. The molecule has 0 aromatic heterocycles. The van der Waals surface area contributed by atoms with Gasteiger partial charge in [-0.3, -0.25) is 4.79 Å². The van der Waals surface area contributed by atoms with Crippen molar-refractivity contribution >= 4 is 5.91 Å². The Hall–Kier alpha value is -1.57. The van der Waals surface area contributed by atoms with Gasteiger partial charge in [0.05, 0.1) is 0 Å². The van der Waals surface area contributed by atoms with Crippen LogP contribution >= 0.6 is 0 Å². The molecule has 0 bridgehead atoms. The Balaban J connectivity index is 2.62. The van der Waals surface area contributed by atoms with Crippen molar-refractivity contribution in [2.75, 3.05) is 7.05 Å². The third-order valence-corrected chi connectivity index (χ3v) is 2.23. The molecule has 0 spiro atoms. The molecular formula is C13H17NO. The average molecular weight is 203 g/mol. The van der Waals surface area contributed by atoms with Gasteiger partial charge in [0.2, 0.25) is 5.91 Å². The molecule has 0 aliphatic carbocycles. The molecule has 0 saturated carbocycles. The summed E-state index contributed by atoms with van der Waals surface area (Å²) in [5, 5.41) is 0. The molecule has 0 unspecified atom stereocenters. The molecule has 0 N–H and O–H groups in total. The van der Waals surface area contributed by atoms with Crippen LogP contribution < -0.4 is 0 Å². The van der Waals surface area contributed by atoms with Gasteiger partial charge in [-0.2, -0.15) is 0 Å². The molecule has 0 aliphatic rings. The predicted molar refractivity (Wildman–Crippen MR) is 62.5 cm³/mol. The number of carbonyl (C=O) groups excluding carboxylic acids is 1. The molecule has 15 heavy (non-hydrogen) atoms. The highest BCUT2D eigenvalue weighted by Gasteiger charge is 2.04. The van der Waals surface area contributed by atoms with Crippen molar-refractivity contribution in [3.05, 3.63) is 47.5 Å². The number of carbonyl (C=O) groups is 1. The van der Waals surface area contributed by atoms with Gasteiger partial charge in [-0.1, -0.05) is 35.9 Å². The summed E-state index contributed by atoms with van der Waals surface area (Å²) < 4.78 is 0. The van der Waals surface area contributed by atoms with Crippen molar-refractivity contribution in [1.29, 1.82) is 0 Å². The summed E-state index contributed by atoms with van der Waals surface area (Å²) in [6.07, 6.45) is 3.34. The van der Waals surface area contributed by atoms with Gasteiger partial charge in [0.25, 0.3) is 0 Å². The van der Waals surface area contributed by atoms with Gasteiger partial charge in [-0.05, 0) is 25.5 Å². The zero-order chi connectivity index (χ0) is 11.3. The minimum atomic E-state index is 0.0399. The zero-order valence-corrected chi connectivity index (χ0v) is 9.53. The fourth-order valence-corrected chi connectivity index (χ4v) is 1.32. The van der Waals surface area contributed by atoms with Crippen LogP contribution in [-0.4, -0.2) is 17.9 Å². The van der Waals surface area contributed by atoms with Crippen molar-refractivity contribution in [2.45, 2.75) is 20.4 Å². The molecule has 0 radical (unpaired) electrons. The van der Waals surface area contributed by atoms with E-state index in [1.807, 2.05) is 14.0 Å². The number of benzene rings is 1. The summed E-state index contributed by atoms with van der Waals surface area (Å²) in [6, 6.07) is 8.22. The Labute approximate surface area is 91.2 Å². The third-order valence-electron chi connectivity index (χ3n) is 2.23. The summed E-state index contributed by atoms with van der Waals surface area (Å²) in [7, 11) is 1.81. The molecule has 2 nitrogen and oxygen atoms in total. The van der Waals surface area contributed by atoms with Crippen molar-refractivity contribution in [3.63, 3.8) is 0 Å². The van der Waals surface area contributed by atoms with E-state index >= 15 is 0 Å². The van der Waals surface area contributed by atoms with Crippen LogP contribution in [0, 0.1) is 6.92 Å². The highest BCUT2D eigenvalue weighted by molar-refractivity contribution is 5.87. The number of amides is 1. The molecule has 1 aromatic rings. The summed E-state index contributed by atoms with van der Waals surface area (Å²) >= 11 is 0. The molecular weight excluding hydrogens is 186 g/mol. The summed E-state index contributed by atoms with van der Waals surface area (Å²) in [6.45, 7) is 4.56. The second-order valence-electron chi connectivity index (χ2n) is 3.68. The lowest BCUT2D eigenvalue weighted by molar-refractivity contribution is -0.125. The van der Waals surface area contributed by atoms with Crippen LogP contribution in [0.4, 0.5) is 0 Å². The van der Waals surface area contributed by atoms with Gasteiger partial charge in [0.1, 0.15) is 0 Å². The van der Waals surface area contributed by atoms with Gasteiger partial charge in [0.15, 0.2) is 0 Å². The normalized spacial score (nSPS) is 10.6. The van der Waals surface area contributed by atoms with Crippen LogP contribution in [0.25, 0.3) is 0 Å². The van der Waals surface area contributed by atoms with Gasteiger partial charge in [0, 0.05) is 13.6 Å². The van der Waals surface area contributed by atoms with Crippen molar-refractivity contribution in [1.82, 2.24) is 4.90 Å². The Morgan fingerprint density at radius 3 is 2.47 bits per heavy atom. The minimum Gasteiger partial charge on any atom is -0.338 e. The lowest BCUT2D eigenvalue weighted by Gasteiger charge is -2.15. The highest BCUT2D eigenvalue weighted by Crippen LogP contribution is 2.06. The number of aryl methyl sites for hydroxylation is 1.